The number of unbranched alkanes of at least 4 members (excludes halogenated alkanes) is 3. The van der Waals surface area contributed by atoms with Crippen molar-refractivity contribution in [3.05, 3.63) is 35.9 Å². The first-order valence-corrected chi connectivity index (χ1v) is 6.74. The molecule has 0 aliphatic rings. The molecule has 0 bridgehead atoms. The molecule has 1 atom stereocenters. The normalized spacial score (nSPS) is 12.6. The summed E-state index contributed by atoms with van der Waals surface area (Å²) in [6.07, 6.45) is 7.60. The fraction of sp³-hybridized carbons (Fsp3) is 0.600. The van der Waals surface area contributed by atoms with E-state index in [2.05, 4.69) is 42.7 Å². The maximum atomic E-state index is 8.55. The molecule has 0 aliphatic heterocycles. The zero-order valence-electron chi connectivity index (χ0n) is 10.9. The van der Waals surface area contributed by atoms with E-state index in [1.165, 1.54) is 44.1 Å². The summed E-state index contributed by atoms with van der Waals surface area (Å²) in [4.78, 5) is 0. The first-order valence-electron chi connectivity index (χ1n) is 6.74. The lowest BCUT2D eigenvalue weighted by atomic mass is 10.0. The Bertz CT molecular complexity index is 274. The minimum absolute atomic E-state index is 0.578. The molecule has 96 valence electrons. The van der Waals surface area contributed by atoms with E-state index in [0.29, 0.717) is 12.5 Å². The summed E-state index contributed by atoms with van der Waals surface area (Å²) >= 11 is 0. The molecule has 1 unspecified atom stereocenters. The quantitative estimate of drug-likeness (QED) is 0.504. The summed E-state index contributed by atoms with van der Waals surface area (Å²) in [7, 11) is 0. The molecular weight excluding hydrogens is 210 g/mol. The van der Waals surface area contributed by atoms with Crippen molar-refractivity contribution in [1.82, 2.24) is 5.48 Å². The van der Waals surface area contributed by atoms with Crippen LogP contribution in [-0.4, -0.2) is 11.8 Å². The van der Waals surface area contributed by atoms with Crippen molar-refractivity contribution in [2.45, 2.75) is 45.4 Å². The van der Waals surface area contributed by atoms with Gasteiger partial charge in [0, 0.05) is 6.54 Å². The lowest BCUT2D eigenvalue weighted by Gasteiger charge is -2.09. The first-order chi connectivity index (χ1) is 8.33. The zero-order valence-corrected chi connectivity index (χ0v) is 10.9. The molecule has 1 aromatic carbocycles. The highest BCUT2D eigenvalue weighted by Crippen LogP contribution is 2.11. The molecule has 0 fully saturated rings. The maximum Gasteiger partial charge on any atom is 0.0233 e. The third-order valence-electron chi connectivity index (χ3n) is 3.19. The molecule has 0 saturated heterocycles. The number of rotatable bonds is 9. The third-order valence-corrected chi connectivity index (χ3v) is 3.19. The van der Waals surface area contributed by atoms with E-state index in [9.17, 15) is 0 Å². The van der Waals surface area contributed by atoms with E-state index in [1.807, 2.05) is 0 Å². The summed E-state index contributed by atoms with van der Waals surface area (Å²) in [6.45, 7) is 2.89. The second-order valence-electron chi connectivity index (χ2n) is 4.91. The summed E-state index contributed by atoms with van der Waals surface area (Å²) in [6, 6.07) is 10.7. The number of hydroxylamine groups is 1. The van der Waals surface area contributed by atoms with Crippen molar-refractivity contribution in [2.75, 3.05) is 6.54 Å². The van der Waals surface area contributed by atoms with Gasteiger partial charge in [-0.3, -0.25) is 0 Å². The molecule has 17 heavy (non-hydrogen) atoms. The molecule has 1 aromatic rings. The van der Waals surface area contributed by atoms with Gasteiger partial charge in [-0.25, -0.2) is 5.48 Å². The average molecular weight is 235 g/mol. The highest BCUT2D eigenvalue weighted by atomic mass is 16.5. The van der Waals surface area contributed by atoms with Crippen LogP contribution in [0, 0.1) is 5.92 Å². The highest BCUT2D eigenvalue weighted by Gasteiger charge is 2.00. The summed E-state index contributed by atoms with van der Waals surface area (Å²) < 4.78 is 0. The van der Waals surface area contributed by atoms with Gasteiger partial charge < -0.3 is 5.21 Å². The van der Waals surface area contributed by atoms with Gasteiger partial charge >= 0.3 is 0 Å². The predicted molar refractivity (Wildman–Crippen MR) is 72.2 cm³/mol. The molecule has 0 aliphatic carbocycles. The highest BCUT2D eigenvalue weighted by molar-refractivity contribution is 5.14. The van der Waals surface area contributed by atoms with Crippen LogP contribution in [-0.2, 0) is 6.42 Å². The second-order valence-corrected chi connectivity index (χ2v) is 4.91. The van der Waals surface area contributed by atoms with Gasteiger partial charge in [0.15, 0.2) is 0 Å². The minimum atomic E-state index is 0.578. The Morgan fingerprint density at radius 1 is 1.06 bits per heavy atom. The van der Waals surface area contributed by atoms with Gasteiger partial charge in [-0.15, -0.1) is 0 Å². The van der Waals surface area contributed by atoms with Gasteiger partial charge in [-0.1, -0.05) is 56.5 Å². The van der Waals surface area contributed by atoms with E-state index in [-0.39, 0.29) is 0 Å². The van der Waals surface area contributed by atoms with Crippen LogP contribution in [0.3, 0.4) is 0 Å². The van der Waals surface area contributed by atoms with E-state index < -0.39 is 0 Å². The summed E-state index contributed by atoms with van der Waals surface area (Å²) in [5, 5.41) is 8.55. The Labute approximate surface area is 105 Å². The van der Waals surface area contributed by atoms with Crippen molar-refractivity contribution < 1.29 is 5.21 Å². The van der Waals surface area contributed by atoms with Crippen LogP contribution in [0.4, 0.5) is 0 Å². The van der Waals surface area contributed by atoms with Gasteiger partial charge in [-0.2, -0.15) is 0 Å². The first kappa shape index (κ1) is 14.2. The molecule has 0 saturated carbocycles. The van der Waals surface area contributed by atoms with E-state index in [1.54, 1.807) is 0 Å². The van der Waals surface area contributed by atoms with Gasteiger partial charge in [0.2, 0.25) is 0 Å². The van der Waals surface area contributed by atoms with Gasteiger partial charge in [0.25, 0.3) is 0 Å². The Kier molecular flexibility index (Phi) is 7.69. The van der Waals surface area contributed by atoms with Gasteiger partial charge in [0.05, 0.1) is 0 Å². The largest absolute Gasteiger partial charge is 0.317 e. The molecule has 0 amide bonds. The summed E-state index contributed by atoms with van der Waals surface area (Å²) in [5.74, 6) is 0.578. The molecule has 2 N–H and O–H groups in total. The molecule has 1 rings (SSSR count). The number of hydrogen-bond donors (Lipinski definition) is 2. The number of aryl methyl sites for hydroxylation is 1. The number of benzene rings is 1. The van der Waals surface area contributed by atoms with Crippen LogP contribution < -0.4 is 5.48 Å². The Morgan fingerprint density at radius 2 is 1.76 bits per heavy atom. The maximum absolute atomic E-state index is 8.55. The van der Waals surface area contributed by atoms with Gasteiger partial charge in [-0.05, 0) is 30.7 Å². The van der Waals surface area contributed by atoms with Crippen LogP contribution in [0.5, 0.6) is 0 Å². The molecule has 0 heterocycles. The molecule has 0 radical (unpaired) electrons. The van der Waals surface area contributed by atoms with E-state index in [4.69, 9.17) is 5.21 Å². The third kappa shape index (κ3) is 7.14. The monoisotopic (exact) mass is 235 g/mol. The molecule has 0 spiro atoms. The SMILES string of the molecule is CC(CCCCCCc1ccccc1)CNO. The lowest BCUT2D eigenvalue weighted by Crippen LogP contribution is -2.16. The second kappa shape index (κ2) is 9.20. The van der Waals surface area contributed by atoms with Crippen molar-refractivity contribution >= 4 is 0 Å². The topological polar surface area (TPSA) is 32.3 Å². The van der Waals surface area contributed by atoms with Crippen LogP contribution >= 0.6 is 0 Å². The van der Waals surface area contributed by atoms with Crippen molar-refractivity contribution in [2.24, 2.45) is 5.92 Å². The zero-order chi connectivity index (χ0) is 12.3. The van der Waals surface area contributed by atoms with E-state index in [0.717, 1.165) is 0 Å². The molecule has 2 heteroatoms. The minimum Gasteiger partial charge on any atom is -0.317 e. The van der Waals surface area contributed by atoms with E-state index >= 15 is 0 Å². The average Bonchev–Trinajstić information content (AvgIpc) is 2.35. The summed E-state index contributed by atoms with van der Waals surface area (Å²) in [5.41, 5.74) is 3.69. The van der Waals surface area contributed by atoms with Crippen molar-refractivity contribution in [3.63, 3.8) is 0 Å². The van der Waals surface area contributed by atoms with Crippen LogP contribution in [0.15, 0.2) is 30.3 Å². The van der Waals surface area contributed by atoms with Crippen molar-refractivity contribution in [1.29, 1.82) is 0 Å². The van der Waals surface area contributed by atoms with Gasteiger partial charge in [0.1, 0.15) is 0 Å². The van der Waals surface area contributed by atoms with Crippen LogP contribution in [0.1, 0.15) is 44.6 Å². The molecule has 2 nitrogen and oxygen atoms in total. The fourth-order valence-corrected chi connectivity index (χ4v) is 2.08. The van der Waals surface area contributed by atoms with Crippen LogP contribution in [0.25, 0.3) is 0 Å². The Morgan fingerprint density at radius 3 is 2.47 bits per heavy atom. The molecule has 0 aromatic heterocycles. The fourth-order valence-electron chi connectivity index (χ4n) is 2.08. The van der Waals surface area contributed by atoms with Crippen LogP contribution in [0.2, 0.25) is 0 Å². The lowest BCUT2D eigenvalue weighted by molar-refractivity contribution is 0.149. The smallest absolute Gasteiger partial charge is 0.0233 e. The number of hydrogen-bond acceptors (Lipinski definition) is 2. The Balaban J connectivity index is 1.95. The standard InChI is InChI=1S/C15H25NO/c1-14(13-16-17)9-5-2-3-6-10-15-11-7-4-8-12-15/h4,7-8,11-12,14,16-17H,2-3,5-6,9-10,13H2,1H3. The molecular formula is C15H25NO. The number of nitrogens with one attached hydrogen (secondary N) is 1. The van der Waals surface area contributed by atoms with Crippen molar-refractivity contribution in [3.8, 4) is 0 Å². The predicted octanol–water partition coefficient (Wildman–Crippen LogP) is 3.79. The Hall–Kier alpha value is -0.860.